The number of ether oxygens (including phenoxy) is 3. The highest BCUT2D eigenvalue weighted by Crippen LogP contribution is 2.46. The van der Waals surface area contributed by atoms with Crippen LogP contribution in [0.5, 0.6) is 0 Å². The van der Waals surface area contributed by atoms with Crippen LogP contribution in [0.1, 0.15) is 42.4 Å². The van der Waals surface area contributed by atoms with E-state index in [2.05, 4.69) is 49.0 Å². The summed E-state index contributed by atoms with van der Waals surface area (Å²) in [6.45, 7) is 6.19. The van der Waals surface area contributed by atoms with Gasteiger partial charge in [-0.15, -0.1) is 0 Å². The Hall–Kier alpha value is -2.89. The van der Waals surface area contributed by atoms with Gasteiger partial charge in [-0.3, -0.25) is 0 Å². The molecular formula is C27H30O5. The maximum atomic E-state index is 12.7. The van der Waals surface area contributed by atoms with Crippen LogP contribution in [0.15, 0.2) is 67.0 Å². The Morgan fingerprint density at radius 2 is 2.03 bits per heavy atom. The Balaban J connectivity index is 1.77. The lowest BCUT2D eigenvalue weighted by Gasteiger charge is -2.37. The smallest absolute Gasteiger partial charge is 0.373 e. The van der Waals surface area contributed by atoms with Crippen molar-refractivity contribution in [3.05, 3.63) is 83.6 Å². The van der Waals surface area contributed by atoms with Gasteiger partial charge >= 0.3 is 5.97 Å². The van der Waals surface area contributed by atoms with Crippen LogP contribution in [0.4, 0.5) is 0 Å². The van der Waals surface area contributed by atoms with E-state index in [0.29, 0.717) is 19.4 Å². The van der Waals surface area contributed by atoms with E-state index in [4.69, 9.17) is 14.2 Å². The largest absolute Gasteiger partial charge is 0.457 e. The molecule has 1 heterocycles. The summed E-state index contributed by atoms with van der Waals surface area (Å²) in [6, 6.07) is 14.8. The zero-order chi connectivity index (χ0) is 22.5. The molecule has 5 heteroatoms. The van der Waals surface area contributed by atoms with E-state index in [1.54, 1.807) is 0 Å². The van der Waals surface area contributed by atoms with Gasteiger partial charge in [0.05, 0.1) is 0 Å². The molecule has 5 nitrogen and oxygen atoms in total. The first-order valence-corrected chi connectivity index (χ1v) is 11.3. The van der Waals surface area contributed by atoms with E-state index in [9.17, 15) is 9.90 Å². The van der Waals surface area contributed by atoms with Crippen LogP contribution in [-0.4, -0.2) is 37.2 Å². The summed E-state index contributed by atoms with van der Waals surface area (Å²) in [6.07, 6.45) is 5.02. The molecule has 0 radical (unpaired) electrons. The number of carbonyl (C=O) groups is 1. The second kappa shape index (κ2) is 10.2. The fourth-order valence-corrected chi connectivity index (χ4v) is 4.81. The molecule has 0 bridgehead atoms. The minimum atomic E-state index is -0.590. The number of hydrogen-bond donors (Lipinski definition) is 1. The molecule has 0 unspecified atom stereocenters. The van der Waals surface area contributed by atoms with Crippen LogP contribution in [-0.2, 0) is 25.4 Å². The molecule has 0 saturated carbocycles. The molecule has 1 aliphatic heterocycles. The number of allylic oxidation sites excluding steroid dienone is 1. The SMILES string of the molecule is C=CCOC(=O)C1=C[C@@H](c2cccc3c2Cc2ccccc2-3)[C@H](CCCO)[C@@H](OCC)O1. The fourth-order valence-electron chi connectivity index (χ4n) is 4.81. The van der Waals surface area contributed by atoms with Crippen molar-refractivity contribution in [1.29, 1.82) is 0 Å². The lowest BCUT2D eigenvalue weighted by molar-refractivity contribution is -0.175. The predicted molar refractivity (Wildman–Crippen MR) is 123 cm³/mol. The van der Waals surface area contributed by atoms with Crippen molar-refractivity contribution in [2.45, 2.75) is 38.4 Å². The summed E-state index contributed by atoms with van der Waals surface area (Å²) in [5.74, 6) is -0.476. The highest BCUT2D eigenvalue weighted by molar-refractivity contribution is 5.87. The monoisotopic (exact) mass is 434 g/mol. The molecule has 3 atom stereocenters. The van der Waals surface area contributed by atoms with Gasteiger partial charge in [0, 0.05) is 25.0 Å². The van der Waals surface area contributed by atoms with E-state index in [-0.39, 0.29) is 30.8 Å². The quantitative estimate of drug-likeness (QED) is 0.389. The minimum absolute atomic E-state index is 0.0340. The number of carbonyl (C=O) groups excluding carboxylic acids is 1. The van der Waals surface area contributed by atoms with Gasteiger partial charge in [0.2, 0.25) is 12.0 Å². The summed E-state index contributed by atoms with van der Waals surface area (Å²) < 4.78 is 17.2. The summed E-state index contributed by atoms with van der Waals surface area (Å²) in [4.78, 5) is 12.7. The van der Waals surface area contributed by atoms with Crippen LogP contribution in [0, 0.1) is 5.92 Å². The van der Waals surface area contributed by atoms with Crippen LogP contribution in [0.25, 0.3) is 11.1 Å². The highest BCUT2D eigenvalue weighted by atomic mass is 16.7. The zero-order valence-corrected chi connectivity index (χ0v) is 18.5. The van der Waals surface area contributed by atoms with Gasteiger partial charge in [-0.2, -0.15) is 0 Å². The molecule has 4 rings (SSSR count). The first-order chi connectivity index (χ1) is 15.7. The van der Waals surface area contributed by atoms with E-state index in [1.807, 2.05) is 13.0 Å². The van der Waals surface area contributed by atoms with Gasteiger partial charge in [-0.1, -0.05) is 55.1 Å². The molecule has 0 saturated heterocycles. The van der Waals surface area contributed by atoms with Crippen molar-refractivity contribution in [2.75, 3.05) is 19.8 Å². The van der Waals surface area contributed by atoms with Crippen molar-refractivity contribution in [3.8, 4) is 11.1 Å². The van der Waals surface area contributed by atoms with Crippen molar-refractivity contribution in [2.24, 2.45) is 5.92 Å². The van der Waals surface area contributed by atoms with Gasteiger partial charge in [0.15, 0.2) is 0 Å². The molecule has 0 spiro atoms. The van der Waals surface area contributed by atoms with E-state index in [0.717, 1.165) is 6.42 Å². The first kappa shape index (κ1) is 22.3. The van der Waals surface area contributed by atoms with Crippen molar-refractivity contribution >= 4 is 5.97 Å². The number of benzene rings is 2. The highest BCUT2D eigenvalue weighted by Gasteiger charge is 2.39. The Kier molecular flexibility index (Phi) is 7.08. The second-order valence-corrected chi connectivity index (χ2v) is 8.12. The molecule has 0 fully saturated rings. The van der Waals surface area contributed by atoms with Gasteiger partial charge in [-0.05, 0) is 60.1 Å². The summed E-state index contributed by atoms with van der Waals surface area (Å²) in [5, 5.41) is 9.50. The number of hydrogen-bond acceptors (Lipinski definition) is 5. The third kappa shape index (κ3) is 4.36. The third-order valence-corrected chi connectivity index (χ3v) is 6.19. The van der Waals surface area contributed by atoms with Crippen molar-refractivity contribution in [1.82, 2.24) is 0 Å². The average molecular weight is 435 g/mol. The Morgan fingerprint density at radius 1 is 1.22 bits per heavy atom. The lowest BCUT2D eigenvalue weighted by Crippen LogP contribution is -2.37. The molecule has 0 aromatic heterocycles. The standard InChI is InChI=1S/C27H30O5/c1-3-15-31-26(29)25-17-24(22(13-8-14-28)27(32-25)30-4-2)21-12-7-11-20-19-10-6-5-9-18(19)16-23(20)21/h3,5-7,9-12,17,22,24,27-28H,1,4,8,13-16H2,2H3/t22-,24-,27-/m0/s1. The minimum Gasteiger partial charge on any atom is -0.457 e. The lowest BCUT2D eigenvalue weighted by atomic mass is 9.78. The van der Waals surface area contributed by atoms with E-state index < -0.39 is 12.3 Å². The van der Waals surface area contributed by atoms with Gasteiger partial charge < -0.3 is 19.3 Å². The summed E-state index contributed by atoms with van der Waals surface area (Å²) in [5.41, 5.74) is 6.26. The van der Waals surface area contributed by atoms with Crippen molar-refractivity contribution in [3.63, 3.8) is 0 Å². The number of aliphatic hydroxyl groups excluding tert-OH is 1. The summed E-state index contributed by atoms with van der Waals surface area (Å²) in [7, 11) is 0. The van der Waals surface area contributed by atoms with Crippen LogP contribution in [0.2, 0.25) is 0 Å². The zero-order valence-electron chi connectivity index (χ0n) is 18.5. The molecule has 2 aromatic carbocycles. The summed E-state index contributed by atoms with van der Waals surface area (Å²) >= 11 is 0. The van der Waals surface area contributed by atoms with E-state index >= 15 is 0 Å². The van der Waals surface area contributed by atoms with Gasteiger partial charge in [0.25, 0.3) is 0 Å². The molecule has 32 heavy (non-hydrogen) atoms. The van der Waals surface area contributed by atoms with E-state index in [1.165, 1.54) is 33.9 Å². The second-order valence-electron chi connectivity index (χ2n) is 8.12. The van der Waals surface area contributed by atoms with Crippen LogP contribution >= 0.6 is 0 Å². The number of fused-ring (bicyclic) bond motifs is 3. The maximum absolute atomic E-state index is 12.7. The Morgan fingerprint density at radius 3 is 2.81 bits per heavy atom. The Bertz CT molecular complexity index is 1010. The van der Waals surface area contributed by atoms with Gasteiger partial charge in [-0.25, -0.2) is 4.79 Å². The van der Waals surface area contributed by atoms with Gasteiger partial charge in [0.1, 0.15) is 6.61 Å². The molecule has 1 N–H and O–H groups in total. The molecule has 168 valence electrons. The number of aliphatic hydroxyl groups is 1. The van der Waals surface area contributed by atoms with Crippen molar-refractivity contribution < 1.29 is 24.1 Å². The molecule has 1 aliphatic carbocycles. The van der Waals surface area contributed by atoms with Crippen LogP contribution < -0.4 is 0 Å². The molecular weight excluding hydrogens is 404 g/mol. The predicted octanol–water partition coefficient (Wildman–Crippen LogP) is 4.74. The maximum Gasteiger partial charge on any atom is 0.373 e. The molecule has 2 aliphatic rings. The normalized spacial score (nSPS) is 21.2. The number of rotatable bonds is 9. The average Bonchev–Trinajstić information content (AvgIpc) is 3.20. The topological polar surface area (TPSA) is 65.0 Å². The Labute approximate surface area is 189 Å². The molecule has 2 aromatic rings. The van der Waals surface area contributed by atoms with Crippen LogP contribution in [0.3, 0.4) is 0 Å². The molecule has 0 amide bonds. The third-order valence-electron chi connectivity index (χ3n) is 6.19. The first-order valence-electron chi connectivity index (χ1n) is 11.3. The fraction of sp³-hybridized carbons (Fsp3) is 0.370. The number of esters is 1.